The van der Waals surface area contributed by atoms with Crippen molar-refractivity contribution in [2.24, 2.45) is 0 Å². The van der Waals surface area contributed by atoms with Crippen molar-refractivity contribution < 1.29 is 4.39 Å². The SMILES string of the molecule is CNC(c1cc(C)cc(F)c1)C1CSc2ccccc21. The van der Waals surface area contributed by atoms with Gasteiger partial charge in [0.05, 0.1) is 0 Å². The van der Waals surface area contributed by atoms with Crippen LogP contribution in [0.3, 0.4) is 0 Å². The van der Waals surface area contributed by atoms with E-state index in [9.17, 15) is 4.39 Å². The van der Waals surface area contributed by atoms with Gasteiger partial charge in [-0.2, -0.15) is 0 Å². The van der Waals surface area contributed by atoms with Gasteiger partial charge in [0.25, 0.3) is 0 Å². The third-order valence-corrected chi connectivity index (χ3v) is 5.08. The lowest BCUT2D eigenvalue weighted by atomic mass is 9.88. The Labute approximate surface area is 123 Å². The van der Waals surface area contributed by atoms with E-state index in [0.717, 1.165) is 16.9 Å². The minimum absolute atomic E-state index is 0.153. The molecule has 0 bridgehead atoms. The van der Waals surface area contributed by atoms with E-state index >= 15 is 0 Å². The highest BCUT2D eigenvalue weighted by Crippen LogP contribution is 2.45. The van der Waals surface area contributed by atoms with Crippen LogP contribution < -0.4 is 5.32 Å². The molecule has 1 N–H and O–H groups in total. The summed E-state index contributed by atoms with van der Waals surface area (Å²) in [5.41, 5.74) is 3.38. The summed E-state index contributed by atoms with van der Waals surface area (Å²) in [6.07, 6.45) is 0. The van der Waals surface area contributed by atoms with Crippen LogP contribution in [-0.4, -0.2) is 12.8 Å². The zero-order valence-electron chi connectivity index (χ0n) is 11.7. The van der Waals surface area contributed by atoms with Gasteiger partial charge < -0.3 is 5.32 Å². The van der Waals surface area contributed by atoms with Crippen molar-refractivity contribution >= 4 is 11.8 Å². The lowest BCUT2D eigenvalue weighted by Crippen LogP contribution is -2.24. The van der Waals surface area contributed by atoms with Crippen molar-refractivity contribution in [3.05, 3.63) is 65.0 Å². The van der Waals surface area contributed by atoms with Crippen molar-refractivity contribution in [3.63, 3.8) is 0 Å². The average molecular weight is 287 g/mol. The fourth-order valence-corrected chi connectivity index (χ4v) is 4.30. The zero-order chi connectivity index (χ0) is 14.1. The van der Waals surface area contributed by atoms with E-state index in [-0.39, 0.29) is 11.9 Å². The highest BCUT2D eigenvalue weighted by atomic mass is 32.2. The van der Waals surface area contributed by atoms with Gasteiger partial charge in [0.1, 0.15) is 5.82 Å². The van der Waals surface area contributed by atoms with E-state index in [0.29, 0.717) is 5.92 Å². The minimum Gasteiger partial charge on any atom is -0.312 e. The Bertz CT molecular complexity index is 606. The molecule has 20 heavy (non-hydrogen) atoms. The third-order valence-electron chi connectivity index (χ3n) is 3.87. The highest BCUT2D eigenvalue weighted by molar-refractivity contribution is 7.99. The molecule has 0 spiro atoms. The third kappa shape index (κ3) is 2.48. The Balaban J connectivity index is 1.99. The van der Waals surface area contributed by atoms with E-state index in [1.54, 1.807) is 12.1 Å². The molecule has 0 aromatic heterocycles. The molecule has 0 amide bonds. The molecule has 104 valence electrons. The van der Waals surface area contributed by atoms with Crippen LogP contribution in [0, 0.1) is 12.7 Å². The molecule has 3 rings (SSSR count). The summed E-state index contributed by atoms with van der Waals surface area (Å²) >= 11 is 1.89. The Kier molecular flexibility index (Phi) is 3.81. The molecule has 1 nitrogen and oxygen atoms in total. The molecule has 0 saturated heterocycles. The molecule has 2 aromatic carbocycles. The number of hydrogen-bond acceptors (Lipinski definition) is 2. The van der Waals surface area contributed by atoms with Crippen LogP contribution in [0.2, 0.25) is 0 Å². The summed E-state index contributed by atoms with van der Waals surface area (Å²) < 4.78 is 13.7. The van der Waals surface area contributed by atoms with E-state index < -0.39 is 0 Å². The van der Waals surface area contributed by atoms with E-state index in [2.05, 4.69) is 35.6 Å². The Morgan fingerprint density at radius 3 is 2.80 bits per heavy atom. The second-order valence-corrected chi connectivity index (χ2v) is 6.35. The van der Waals surface area contributed by atoms with Crippen molar-refractivity contribution in [1.82, 2.24) is 5.32 Å². The maximum absolute atomic E-state index is 13.7. The molecule has 0 saturated carbocycles. The summed E-state index contributed by atoms with van der Waals surface area (Å²) in [4.78, 5) is 1.35. The summed E-state index contributed by atoms with van der Waals surface area (Å²) in [6.45, 7) is 1.94. The predicted octanol–water partition coefficient (Wildman–Crippen LogP) is 4.28. The predicted molar refractivity (Wildman–Crippen MR) is 82.8 cm³/mol. The van der Waals surface area contributed by atoms with Crippen molar-refractivity contribution in [2.45, 2.75) is 23.8 Å². The maximum atomic E-state index is 13.7. The molecule has 1 aliphatic heterocycles. The number of thioether (sulfide) groups is 1. The molecule has 3 heteroatoms. The molecular formula is C17H18FNS. The first-order chi connectivity index (χ1) is 9.69. The van der Waals surface area contributed by atoms with Crippen LogP contribution in [0.1, 0.15) is 28.7 Å². The number of nitrogens with one attached hydrogen (secondary N) is 1. The molecule has 2 atom stereocenters. The van der Waals surface area contributed by atoms with Gasteiger partial charge in [0.2, 0.25) is 0 Å². The Morgan fingerprint density at radius 1 is 1.25 bits per heavy atom. The second-order valence-electron chi connectivity index (χ2n) is 5.28. The Morgan fingerprint density at radius 2 is 2.05 bits per heavy atom. The largest absolute Gasteiger partial charge is 0.312 e. The van der Waals surface area contributed by atoms with Gasteiger partial charge in [-0.05, 0) is 48.9 Å². The van der Waals surface area contributed by atoms with Crippen LogP contribution in [0.4, 0.5) is 4.39 Å². The number of aryl methyl sites for hydroxylation is 1. The van der Waals surface area contributed by atoms with Crippen LogP contribution in [0.25, 0.3) is 0 Å². The smallest absolute Gasteiger partial charge is 0.123 e. The van der Waals surface area contributed by atoms with Gasteiger partial charge in [0.15, 0.2) is 0 Å². The molecule has 1 aliphatic rings. The van der Waals surface area contributed by atoms with Gasteiger partial charge in [-0.15, -0.1) is 11.8 Å². The topological polar surface area (TPSA) is 12.0 Å². The number of fused-ring (bicyclic) bond motifs is 1. The lowest BCUT2D eigenvalue weighted by molar-refractivity contribution is 0.509. The van der Waals surface area contributed by atoms with Crippen molar-refractivity contribution in [3.8, 4) is 0 Å². The van der Waals surface area contributed by atoms with E-state index in [4.69, 9.17) is 0 Å². The number of benzene rings is 2. The van der Waals surface area contributed by atoms with Gasteiger partial charge >= 0.3 is 0 Å². The standard InChI is InChI=1S/C17H18FNS/c1-11-7-12(9-13(18)8-11)17(19-2)15-10-20-16-6-4-3-5-14(15)16/h3-9,15,17,19H,10H2,1-2H3. The highest BCUT2D eigenvalue weighted by Gasteiger charge is 2.30. The first-order valence-electron chi connectivity index (χ1n) is 6.85. The van der Waals surface area contributed by atoms with Gasteiger partial charge in [0, 0.05) is 22.6 Å². The van der Waals surface area contributed by atoms with Crippen LogP contribution in [0.15, 0.2) is 47.4 Å². The number of halogens is 1. The van der Waals surface area contributed by atoms with Gasteiger partial charge in [-0.25, -0.2) is 4.39 Å². The maximum Gasteiger partial charge on any atom is 0.123 e. The number of likely N-dealkylation sites (N-methyl/N-ethyl adjacent to an activating group) is 1. The minimum atomic E-state index is -0.154. The van der Waals surface area contributed by atoms with E-state index in [1.807, 2.05) is 25.7 Å². The van der Waals surface area contributed by atoms with Crippen molar-refractivity contribution in [2.75, 3.05) is 12.8 Å². The molecule has 1 heterocycles. The van der Waals surface area contributed by atoms with Gasteiger partial charge in [-0.1, -0.05) is 24.3 Å². The Hall–Kier alpha value is -1.32. The summed E-state index contributed by atoms with van der Waals surface area (Å²) in [6, 6.07) is 14.0. The summed E-state index contributed by atoms with van der Waals surface area (Å²) in [5, 5.41) is 3.38. The van der Waals surface area contributed by atoms with Crippen LogP contribution in [-0.2, 0) is 0 Å². The lowest BCUT2D eigenvalue weighted by Gasteiger charge is -2.24. The average Bonchev–Trinajstić information content (AvgIpc) is 2.83. The summed E-state index contributed by atoms with van der Waals surface area (Å²) in [7, 11) is 1.95. The molecule has 2 aromatic rings. The second kappa shape index (κ2) is 5.58. The first kappa shape index (κ1) is 13.7. The van der Waals surface area contributed by atoms with E-state index in [1.165, 1.54) is 10.5 Å². The monoisotopic (exact) mass is 287 g/mol. The van der Waals surface area contributed by atoms with Crippen LogP contribution in [0.5, 0.6) is 0 Å². The fraction of sp³-hybridized carbons (Fsp3) is 0.294. The molecule has 0 aliphatic carbocycles. The van der Waals surface area contributed by atoms with Crippen molar-refractivity contribution in [1.29, 1.82) is 0 Å². The molecular weight excluding hydrogens is 269 g/mol. The number of rotatable bonds is 3. The van der Waals surface area contributed by atoms with Crippen LogP contribution >= 0.6 is 11.8 Å². The normalized spacial score (nSPS) is 18.9. The zero-order valence-corrected chi connectivity index (χ0v) is 12.5. The first-order valence-corrected chi connectivity index (χ1v) is 7.83. The fourth-order valence-electron chi connectivity index (χ4n) is 3.01. The quantitative estimate of drug-likeness (QED) is 0.904. The summed E-state index contributed by atoms with van der Waals surface area (Å²) in [5.74, 6) is 1.28. The molecule has 0 radical (unpaired) electrons. The molecule has 0 fully saturated rings. The molecule has 2 unspecified atom stereocenters. The number of hydrogen-bond donors (Lipinski definition) is 1. The van der Waals surface area contributed by atoms with Gasteiger partial charge in [-0.3, -0.25) is 0 Å².